The Bertz CT molecular complexity index is 705. The third kappa shape index (κ3) is 5.13. The second-order valence-corrected chi connectivity index (χ2v) is 5.26. The van der Waals surface area contributed by atoms with Crippen LogP contribution in [0.1, 0.15) is 11.1 Å². The lowest BCUT2D eigenvalue weighted by molar-refractivity contribution is -0.117. The molecule has 0 aromatic heterocycles. The van der Waals surface area contributed by atoms with Gasteiger partial charge in [0.1, 0.15) is 5.75 Å². The molecular formula is C18H19N3O2. The zero-order chi connectivity index (χ0) is 16.7. The molecule has 5 nitrogen and oxygen atoms in total. The van der Waals surface area contributed by atoms with E-state index in [0.29, 0.717) is 17.8 Å². The van der Waals surface area contributed by atoms with Gasteiger partial charge in [-0.25, -0.2) is 0 Å². The van der Waals surface area contributed by atoms with Crippen molar-refractivity contribution in [3.63, 3.8) is 0 Å². The fraction of sp³-hybridized carbons (Fsp3) is 0.222. The van der Waals surface area contributed by atoms with Gasteiger partial charge in [0.05, 0.1) is 25.3 Å². The van der Waals surface area contributed by atoms with E-state index in [-0.39, 0.29) is 12.5 Å². The molecule has 0 aliphatic carbocycles. The van der Waals surface area contributed by atoms with Crippen LogP contribution in [-0.4, -0.2) is 31.5 Å². The molecule has 0 spiro atoms. The van der Waals surface area contributed by atoms with Gasteiger partial charge in [-0.3, -0.25) is 9.69 Å². The summed E-state index contributed by atoms with van der Waals surface area (Å²) >= 11 is 0. The number of carbonyl (C=O) groups is 1. The van der Waals surface area contributed by atoms with E-state index in [2.05, 4.69) is 5.32 Å². The largest absolute Gasteiger partial charge is 0.497 e. The van der Waals surface area contributed by atoms with Crippen molar-refractivity contribution in [2.75, 3.05) is 26.0 Å². The highest BCUT2D eigenvalue weighted by atomic mass is 16.5. The van der Waals surface area contributed by atoms with Crippen LogP contribution in [0.2, 0.25) is 0 Å². The fourth-order valence-electron chi connectivity index (χ4n) is 2.21. The number of amides is 1. The van der Waals surface area contributed by atoms with Crippen LogP contribution in [0.5, 0.6) is 5.75 Å². The van der Waals surface area contributed by atoms with Crippen LogP contribution < -0.4 is 10.1 Å². The summed E-state index contributed by atoms with van der Waals surface area (Å²) in [6.45, 7) is 0.926. The van der Waals surface area contributed by atoms with E-state index in [4.69, 9.17) is 10.00 Å². The molecule has 0 aliphatic rings. The van der Waals surface area contributed by atoms with Gasteiger partial charge >= 0.3 is 0 Å². The summed E-state index contributed by atoms with van der Waals surface area (Å²) in [7, 11) is 3.52. The van der Waals surface area contributed by atoms with E-state index in [1.54, 1.807) is 31.4 Å². The minimum atomic E-state index is -0.0971. The maximum Gasteiger partial charge on any atom is 0.238 e. The normalized spacial score (nSPS) is 10.2. The van der Waals surface area contributed by atoms with Gasteiger partial charge in [-0.2, -0.15) is 5.26 Å². The molecule has 0 radical (unpaired) electrons. The molecule has 1 N–H and O–H groups in total. The number of carbonyl (C=O) groups excluding carboxylic acids is 1. The number of hydrogen-bond acceptors (Lipinski definition) is 4. The summed E-state index contributed by atoms with van der Waals surface area (Å²) in [6, 6.07) is 16.6. The second kappa shape index (κ2) is 7.97. The first-order chi connectivity index (χ1) is 11.1. The second-order valence-electron chi connectivity index (χ2n) is 5.26. The molecule has 0 saturated carbocycles. The van der Waals surface area contributed by atoms with E-state index in [1.807, 2.05) is 42.3 Å². The number of hydrogen-bond donors (Lipinski definition) is 1. The Labute approximate surface area is 136 Å². The average Bonchev–Trinajstić information content (AvgIpc) is 2.55. The van der Waals surface area contributed by atoms with Gasteiger partial charge in [0, 0.05) is 12.2 Å². The van der Waals surface area contributed by atoms with Gasteiger partial charge in [-0.15, -0.1) is 0 Å². The predicted octanol–water partition coefficient (Wildman–Crippen LogP) is 2.64. The van der Waals surface area contributed by atoms with E-state index >= 15 is 0 Å². The minimum absolute atomic E-state index is 0.0971. The predicted molar refractivity (Wildman–Crippen MR) is 89.1 cm³/mol. The highest BCUT2D eigenvalue weighted by Gasteiger charge is 2.08. The lowest BCUT2D eigenvalue weighted by Gasteiger charge is -2.16. The standard InChI is InChI=1S/C18H19N3O2/c1-21(12-15-4-3-5-17(10-15)23-2)13-18(22)20-16-8-6-14(11-19)7-9-16/h3-10H,12-13H2,1-2H3,(H,20,22). The number of rotatable bonds is 6. The first kappa shape index (κ1) is 16.5. The monoisotopic (exact) mass is 309 g/mol. The molecule has 5 heteroatoms. The molecule has 2 aromatic carbocycles. The van der Waals surface area contributed by atoms with Gasteiger partial charge in [0.2, 0.25) is 5.91 Å². The number of ether oxygens (including phenoxy) is 1. The average molecular weight is 309 g/mol. The zero-order valence-corrected chi connectivity index (χ0v) is 13.2. The third-order valence-electron chi connectivity index (χ3n) is 3.30. The Kier molecular flexibility index (Phi) is 5.73. The molecule has 23 heavy (non-hydrogen) atoms. The maximum absolute atomic E-state index is 12.0. The van der Waals surface area contributed by atoms with Crippen molar-refractivity contribution in [3.05, 3.63) is 59.7 Å². The van der Waals surface area contributed by atoms with Crippen molar-refractivity contribution < 1.29 is 9.53 Å². The molecule has 0 fully saturated rings. The van der Waals surface area contributed by atoms with Crippen molar-refractivity contribution in [1.29, 1.82) is 5.26 Å². The minimum Gasteiger partial charge on any atom is -0.497 e. The van der Waals surface area contributed by atoms with Crippen LogP contribution in [0, 0.1) is 11.3 Å². The van der Waals surface area contributed by atoms with Gasteiger partial charge in [-0.1, -0.05) is 12.1 Å². The molecule has 2 aromatic rings. The summed E-state index contributed by atoms with van der Waals surface area (Å²) in [6.07, 6.45) is 0. The molecule has 0 unspecified atom stereocenters. The van der Waals surface area contributed by atoms with E-state index in [9.17, 15) is 4.79 Å². The van der Waals surface area contributed by atoms with E-state index in [0.717, 1.165) is 11.3 Å². The number of benzene rings is 2. The van der Waals surface area contributed by atoms with Crippen LogP contribution >= 0.6 is 0 Å². The quantitative estimate of drug-likeness (QED) is 0.891. The van der Waals surface area contributed by atoms with Gasteiger partial charge < -0.3 is 10.1 Å². The summed E-state index contributed by atoms with van der Waals surface area (Å²) < 4.78 is 5.19. The number of nitriles is 1. The van der Waals surface area contributed by atoms with Gasteiger partial charge in [-0.05, 0) is 49.0 Å². The molecule has 0 atom stereocenters. The van der Waals surface area contributed by atoms with Crippen LogP contribution in [0.25, 0.3) is 0 Å². The van der Waals surface area contributed by atoms with Crippen LogP contribution in [0.15, 0.2) is 48.5 Å². The lowest BCUT2D eigenvalue weighted by atomic mass is 10.2. The first-order valence-electron chi connectivity index (χ1n) is 7.22. The molecular weight excluding hydrogens is 290 g/mol. The number of anilines is 1. The summed E-state index contributed by atoms with van der Waals surface area (Å²) in [5.74, 6) is 0.707. The number of nitrogens with one attached hydrogen (secondary N) is 1. The topological polar surface area (TPSA) is 65.4 Å². The Morgan fingerprint density at radius 1 is 1.26 bits per heavy atom. The van der Waals surface area contributed by atoms with Crippen LogP contribution in [0.3, 0.4) is 0 Å². The van der Waals surface area contributed by atoms with Crippen LogP contribution in [-0.2, 0) is 11.3 Å². The molecule has 118 valence electrons. The van der Waals surface area contributed by atoms with Crippen molar-refractivity contribution >= 4 is 11.6 Å². The maximum atomic E-state index is 12.0. The van der Waals surface area contributed by atoms with E-state index in [1.165, 1.54) is 0 Å². The molecule has 0 aliphatic heterocycles. The van der Waals surface area contributed by atoms with Crippen molar-refractivity contribution in [2.24, 2.45) is 0 Å². The number of methoxy groups -OCH3 is 1. The lowest BCUT2D eigenvalue weighted by Crippen LogP contribution is -2.29. The summed E-state index contributed by atoms with van der Waals surface area (Å²) in [4.78, 5) is 14.0. The Hall–Kier alpha value is -2.84. The number of likely N-dealkylation sites (N-methyl/N-ethyl adjacent to an activating group) is 1. The highest BCUT2D eigenvalue weighted by molar-refractivity contribution is 5.92. The smallest absolute Gasteiger partial charge is 0.238 e. The van der Waals surface area contributed by atoms with Crippen molar-refractivity contribution in [2.45, 2.75) is 6.54 Å². The Morgan fingerprint density at radius 2 is 2.00 bits per heavy atom. The van der Waals surface area contributed by atoms with Crippen molar-refractivity contribution in [3.8, 4) is 11.8 Å². The van der Waals surface area contributed by atoms with Crippen molar-refractivity contribution in [1.82, 2.24) is 4.90 Å². The molecule has 0 bridgehead atoms. The first-order valence-corrected chi connectivity index (χ1v) is 7.22. The Morgan fingerprint density at radius 3 is 2.65 bits per heavy atom. The molecule has 2 rings (SSSR count). The molecule has 0 saturated heterocycles. The third-order valence-corrected chi connectivity index (χ3v) is 3.30. The zero-order valence-electron chi connectivity index (χ0n) is 13.2. The van der Waals surface area contributed by atoms with Gasteiger partial charge in [0.15, 0.2) is 0 Å². The number of nitrogens with zero attached hydrogens (tertiary/aromatic N) is 2. The van der Waals surface area contributed by atoms with Gasteiger partial charge in [0.25, 0.3) is 0 Å². The van der Waals surface area contributed by atoms with Crippen LogP contribution in [0.4, 0.5) is 5.69 Å². The Balaban J connectivity index is 1.87. The highest BCUT2D eigenvalue weighted by Crippen LogP contribution is 2.14. The fourth-order valence-corrected chi connectivity index (χ4v) is 2.21. The summed E-state index contributed by atoms with van der Waals surface area (Å²) in [5, 5.41) is 11.6. The SMILES string of the molecule is COc1cccc(CN(C)CC(=O)Nc2ccc(C#N)cc2)c1. The molecule has 1 amide bonds. The van der Waals surface area contributed by atoms with E-state index < -0.39 is 0 Å². The summed E-state index contributed by atoms with van der Waals surface area (Å²) in [5.41, 5.74) is 2.33. The molecule has 0 heterocycles.